The average molecular weight is 842 g/mol. The fourth-order valence-electron chi connectivity index (χ4n) is 4.25. The van der Waals surface area contributed by atoms with Crippen molar-refractivity contribution in [3.05, 3.63) is 71.9 Å². The molecule has 0 aliphatic carbocycles. The number of esters is 2. The van der Waals surface area contributed by atoms with E-state index in [2.05, 4.69) is 25.9 Å². The van der Waals surface area contributed by atoms with Crippen LogP contribution in [0.2, 0.25) is 0 Å². The Kier molecular flexibility index (Phi) is 24.3. The minimum absolute atomic E-state index is 0.00961. The van der Waals surface area contributed by atoms with Crippen molar-refractivity contribution in [3.8, 4) is 11.5 Å². The largest absolute Gasteiger partial charge is 0.506 e. The molecule has 12 nitrogen and oxygen atoms in total. The molecule has 0 radical (unpaired) electrons. The monoisotopic (exact) mass is 840 g/mol. The molecule has 0 bridgehead atoms. The van der Waals surface area contributed by atoms with Crippen LogP contribution in [0, 0.1) is 0 Å². The van der Waals surface area contributed by atoms with Gasteiger partial charge in [-0.15, -0.1) is 0 Å². The molecule has 0 aliphatic heterocycles. The predicted molar refractivity (Wildman–Crippen MR) is 212 cm³/mol. The number of hydrogen-bond acceptors (Lipinski definition) is 10. The van der Waals surface area contributed by atoms with Gasteiger partial charge in [-0.2, -0.15) is 0 Å². The molecule has 0 saturated heterocycles. The summed E-state index contributed by atoms with van der Waals surface area (Å²) < 4.78 is 40.9. The van der Waals surface area contributed by atoms with Crippen LogP contribution < -0.4 is 4.74 Å². The number of carbonyl (C=O) groups is 4. The molecule has 2 amide bonds. The Balaban J connectivity index is 0.000000876. The number of carbonyl (C=O) groups excluding carboxylic acids is 4. The first-order valence-electron chi connectivity index (χ1n) is 18.2. The predicted octanol–water partition coefficient (Wildman–Crippen LogP) is 8.54. The van der Waals surface area contributed by atoms with E-state index in [0.717, 1.165) is 0 Å². The van der Waals surface area contributed by atoms with Gasteiger partial charge in [-0.3, -0.25) is 19.2 Å². The van der Waals surface area contributed by atoms with Gasteiger partial charge in [0.2, 0.25) is 0 Å². The van der Waals surface area contributed by atoms with Gasteiger partial charge in [0.05, 0.1) is 25.1 Å². The fourth-order valence-corrected chi connectivity index (χ4v) is 4.65. The molecular formula is C40H59BrF2N4O8. The zero-order valence-electron chi connectivity index (χ0n) is 33.9. The Labute approximate surface area is 333 Å². The molecule has 1 N–H and O–H groups in total. The van der Waals surface area contributed by atoms with Gasteiger partial charge in [0.25, 0.3) is 11.8 Å². The lowest BCUT2D eigenvalue weighted by molar-refractivity contribution is -0.155. The van der Waals surface area contributed by atoms with Crippen LogP contribution in [0.25, 0.3) is 0 Å². The van der Waals surface area contributed by atoms with Crippen molar-refractivity contribution in [3.63, 3.8) is 0 Å². The summed E-state index contributed by atoms with van der Waals surface area (Å²) in [7, 11) is 0. The van der Waals surface area contributed by atoms with Gasteiger partial charge in [0, 0.05) is 44.4 Å². The van der Waals surface area contributed by atoms with Crippen LogP contribution >= 0.6 is 15.9 Å². The first kappa shape index (κ1) is 50.6. The van der Waals surface area contributed by atoms with Gasteiger partial charge in [-0.25, -0.2) is 18.7 Å². The maximum Gasteiger partial charge on any atom is 0.306 e. The first-order valence-corrected chi connectivity index (χ1v) is 19.3. The number of aromatic hydroxyl groups is 1. The molecule has 0 atom stereocenters. The summed E-state index contributed by atoms with van der Waals surface area (Å²) in [4.78, 5) is 58.1. The minimum Gasteiger partial charge on any atom is -0.506 e. The van der Waals surface area contributed by atoms with Gasteiger partial charge in [-0.05, 0) is 117 Å². The highest BCUT2D eigenvalue weighted by Gasteiger charge is 2.18. The first-order chi connectivity index (χ1) is 25.8. The second-order valence-electron chi connectivity index (χ2n) is 13.9. The number of aromatic nitrogens is 2. The van der Waals surface area contributed by atoms with E-state index in [9.17, 15) is 28.0 Å². The third-order valence-electron chi connectivity index (χ3n) is 7.07. The lowest BCUT2D eigenvalue weighted by Gasteiger charge is -2.19. The average Bonchev–Trinajstić information content (AvgIpc) is 3.12. The van der Waals surface area contributed by atoms with Crippen LogP contribution in [0.4, 0.5) is 8.78 Å². The molecule has 2 heterocycles. The summed E-state index contributed by atoms with van der Waals surface area (Å²) in [6.45, 7) is 20.9. The van der Waals surface area contributed by atoms with Crippen molar-refractivity contribution in [1.29, 1.82) is 0 Å². The summed E-state index contributed by atoms with van der Waals surface area (Å²) in [5.41, 5.74) is 0.567. The highest BCUT2D eigenvalue weighted by molar-refractivity contribution is 9.09. The third-order valence-corrected chi connectivity index (χ3v) is 7.79. The molecule has 0 unspecified atom stereocenters. The molecule has 0 spiro atoms. The van der Waals surface area contributed by atoms with Crippen molar-refractivity contribution >= 4 is 39.7 Å². The second kappa shape index (κ2) is 26.4. The summed E-state index contributed by atoms with van der Waals surface area (Å²) in [6.07, 6.45) is 4.57. The lowest BCUT2D eigenvalue weighted by Crippen LogP contribution is -2.31. The number of nitrogens with zero attached hydrogens (tertiary/aromatic N) is 4. The molecule has 308 valence electrons. The maximum atomic E-state index is 13.0. The number of pyridine rings is 2. The molecule has 0 fully saturated rings. The number of allylic oxidation sites excluding steroid dienone is 1. The number of ether oxygens (including phenoxy) is 3. The number of hydrogen-bond donors (Lipinski definition) is 1. The van der Waals surface area contributed by atoms with E-state index in [1.165, 1.54) is 24.5 Å². The Morgan fingerprint density at radius 1 is 0.691 bits per heavy atom. The van der Waals surface area contributed by atoms with Crippen LogP contribution in [-0.2, 0) is 19.1 Å². The Morgan fingerprint density at radius 2 is 1.11 bits per heavy atom. The normalized spacial score (nSPS) is 11.6. The Morgan fingerprint density at radius 3 is 1.44 bits per heavy atom. The van der Waals surface area contributed by atoms with Crippen molar-refractivity contribution in [2.75, 3.05) is 38.1 Å². The van der Waals surface area contributed by atoms with Gasteiger partial charge in [0.1, 0.15) is 40.7 Å². The van der Waals surface area contributed by atoms with E-state index in [1.54, 1.807) is 63.5 Å². The number of halogens is 3. The van der Waals surface area contributed by atoms with Gasteiger partial charge in [0.15, 0.2) is 0 Å². The van der Waals surface area contributed by atoms with Crippen molar-refractivity contribution in [2.24, 2.45) is 0 Å². The molecule has 15 heteroatoms. The molecule has 0 aromatic carbocycles. The van der Waals surface area contributed by atoms with E-state index in [-0.39, 0.29) is 55.4 Å². The smallest absolute Gasteiger partial charge is 0.306 e. The van der Waals surface area contributed by atoms with E-state index in [4.69, 9.17) is 19.3 Å². The number of amides is 2. The summed E-state index contributed by atoms with van der Waals surface area (Å²) in [5.74, 6) is -0.437. The van der Waals surface area contributed by atoms with E-state index in [1.807, 2.05) is 27.7 Å². The Hall–Kier alpha value is -4.40. The van der Waals surface area contributed by atoms with Crippen LogP contribution in [0.5, 0.6) is 11.5 Å². The summed E-state index contributed by atoms with van der Waals surface area (Å²) in [6, 6.07) is 6.18. The van der Waals surface area contributed by atoms with Crippen LogP contribution in [0.3, 0.4) is 0 Å². The fraction of sp³-hybridized carbons (Fsp3) is 0.550. The Bertz CT molecular complexity index is 1520. The van der Waals surface area contributed by atoms with E-state index >= 15 is 0 Å². The van der Waals surface area contributed by atoms with Crippen LogP contribution in [0.1, 0.15) is 116 Å². The standard InChI is InChI=1S/C20H29FN2O4.C10H16BrFO2.C10H14N2O2/c1-6-23(7-2)19(25)17-10-9-16(13-22-17)26-14-15(12-21)8-11-18(24)27-20(3,4)5;1-10(2,3)14-9(13)5-4-8(6-11)7-12;1-3-12(4-2)10(14)9-6-5-8(13)7-11-9/h9-10,12-13H,6-8,11,14H2,1-5H3;7H,4-6H2,1-3H3;5-7,13H,3-4H2,1-2H3/b15-12+;8-7+;. The zero-order valence-corrected chi connectivity index (χ0v) is 35.5. The quantitative estimate of drug-likeness (QED) is 0.129. The highest BCUT2D eigenvalue weighted by Crippen LogP contribution is 2.17. The van der Waals surface area contributed by atoms with Crippen molar-refractivity contribution in [2.45, 2.75) is 106 Å². The number of rotatable bonds is 16. The van der Waals surface area contributed by atoms with Crippen LogP contribution in [-0.4, -0.2) is 97.9 Å². The highest BCUT2D eigenvalue weighted by atomic mass is 79.9. The summed E-state index contributed by atoms with van der Waals surface area (Å²) in [5, 5.41) is 9.45. The third kappa shape index (κ3) is 22.5. The molecule has 2 aromatic heterocycles. The summed E-state index contributed by atoms with van der Waals surface area (Å²) >= 11 is 3.13. The van der Waals surface area contributed by atoms with Gasteiger partial charge >= 0.3 is 11.9 Å². The lowest BCUT2D eigenvalue weighted by atomic mass is 10.1. The van der Waals surface area contributed by atoms with Crippen molar-refractivity contribution in [1.82, 2.24) is 19.8 Å². The van der Waals surface area contributed by atoms with Gasteiger partial charge in [-0.1, -0.05) is 15.9 Å². The molecule has 0 saturated carbocycles. The van der Waals surface area contributed by atoms with E-state index < -0.39 is 11.2 Å². The second-order valence-corrected chi connectivity index (χ2v) is 14.4. The van der Waals surface area contributed by atoms with Crippen molar-refractivity contribution < 1.29 is 47.3 Å². The van der Waals surface area contributed by atoms with E-state index in [0.29, 0.717) is 78.9 Å². The molecule has 2 rings (SSSR count). The zero-order chi connectivity index (χ0) is 42.2. The maximum absolute atomic E-state index is 13.0. The molecule has 0 aliphatic rings. The SMILES string of the molecule is CC(C)(C)OC(=O)CC/C(=C\F)CBr.CCN(CC)C(=O)c1ccc(O)cn1.CCN(CC)C(=O)c1ccc(OC/C(=C/F)CCC(=O)OC(C)(C)C)cn1. The van der Waals surface area contributed by atoms with Gasteiger partial charge < -0.3 is 29.1 Å². The molecule has 2 aromatic rings. The minimum atomic E-state index is -0.566. The van der Waals surface area contributed by atoms with Crippen LogP contribution in [0.15, 0.2) is 60.5 Å². The number of alkyl halides is 1. The molecule has 55 heavy (non-hydrogen) atoms. The topological polar surface area (TPSA) is 148 Å². The molecular weight excluding hydrogens is 782 g/mol.